The number of nitrogens with two attached hydrogens (primary N) is 1. The normalized spacial score (nSPS) is 11.7. The molecule has 0 bridgehead atoms. The van der Waals surface area contributed by atoms with Gasteiger partial charge in [-0.05, 0) is 6.42 Å². The number of hydrogen-bond acceptors (Lipinski definition) is 3. The van der Waals surface area contributed by atoms with Crippen LogP contribution in [0.5, 0.6) is 0 Å². The minimum absolute atomic E-state index is 0.0179. The minimum atomic E-state index is -3.80. The van der Waals surface area contributed by atoms with Gasteiger partial charge in [0, 0.05) is 12.6 Å². The monoisotopic (exact) mass is 279 g/mol. The van der Waals surface area contributed by atoms with E-state index in [2.05, 4.69) is 4.98 Å². The van der Waals surface area contributed by atoms with Gasteiger partial charge in [0.2, 0.25) is 0 Å². The van der Waals surface area contributed by atoms with Crippen LogP contribution in [0.15, 0.2) is 35.4 Å². The maximum atomic E-state index is 11.6. The van der Waals surface area contributed by atoms with Gasteiger partial charge in [0.1, 0.15) is 5.82 Å². The van der Waals surface area contributed by atoms with Crippen molar-refractivity contribution in [3.05, 3.63) is 36.0 Å². The molecule has 0 aliphatic carbocycles. The highest BCUT2D eigenvalue weighted by molar-refractivity contribution is 7.89. The van der Waals surface area contributed by atoms with Crippen molar-refractivity contribution in [2.24, 2.45) is 12.2 Å². The highest BCUT2D eigenvalue weighted by Gasteiger charge is 2.22. The molecule has 0 fully saturated rings. The number of hydrogen-bond donors (Lipinski definition) is 1. The summed E-state index contributed by atoms with van der Waals surface area (Å²) in [6.07, 6.45) is 1.46. The molecule has 0 amide bonds. The van der Waals surface area contributed by atoms with Crippen LogP contribution in [0.1, 0.15) is 19.0 Å². The lowest BCUT2D eigenvalue weighted by Gasteiger charge is -2.05. The number of nitrogens with zero attached hydrogens (tertiary/aromatic N) is 2. The van der Waals surface area contributed by atoms with Gasteiger partial charge in [-0.2, -0.15) is 0 Å². The van der Waals surface area contributed by atoms with Gasteiger partial charge in [0.15, 0.2) is 5.03 Å². The summed E-state index contributed by atoms with van der Waals surface area (Å²) in [4.78, 5) is 4.22. The Bertz CT molecular complexity index is 675. The molecule has 0 radical (unpaired) electrons. The van der Waals surface area contributed by atoms with Crippen LogP contribution in [-0.4, -0.2) is 18.0 Å². The van der Waals surface area contributed by atoms with Gasteiger partial charge in [0.25, 0.3) is 10.0 Å². The molecule has 0 aliphatic heterocycles. The molecule has 0 atom stereocenters. The van der Waals surface area contributed by atoms with Gasteiger partial charge in [-0.15, -0.1) is 0 Å². The maximum Gasteiger partial charge on any atom is 0.257 e. The lowest BCUT2D eigenvalue weighted by Crippen LogP contribution is -2.15. The van der Waals surface area contributed by atoms with Gasteiger partial charge < -0.3 is 4.57 Å². The molecular weight excluding hydrogens is 262 g/mol. The molecule has 0 unspecified atom stereocenters. The molecule has 0 spiro atoms. The van der Waals surface area contributed by atoms with Crippen LogP contribution in [-0.2, 0) is 23.5 Å². The van der Waals surface area contributed by atoms with Crippen LogP contribution in [0.2, 0.25) is 0 Å². The Morgan fingerprint density at radius 3 is 2.42 bits per heavy atom. The summed E-state index contributed by atoms with van der Waals surface area (Å²) in [7, 11) is -1.98. The molecule has 5 nitrogen and oxygen atoms in total. The fraction of sp³-hybridized carbons (Fsp3) is 0.308. The second-order valence-electron chi connectivity index (χ2n) is 4.41. The SMILES string of the molecule is CCCc1c(S(N)(=O)=O)nc(-c2ccccc2)n1C. The molecule has 0 aliphatic rings. The van der Waals surface area contributed by atoms with Crippen LogP contribution in [0.4, 0.5) is 0 Å². The van der Waals surface area contributed by atoms with E-state index in [1.807, 2.05) is 44.3 Å². The molecule has 2 N–H and O–H groups in total. The third-order valence-corrected chi connectivity index (χ3v) is 3.83. The second-order valence-corrected chi connectivity index (χ2v) is 5.88. The van der Waals surface area contributed by atoms with E-state index in [9.17, 15) is 8.42 Å². The van der Waals surface area contributed by atoms with Crippen molar-refractivity contribution in [3.8, 4) is 11.4 Å². The van der Waals surface area contributed by atoms with E-state index in [0.717, 1.165) is 12.0 Å². The quantitative estimate of drug-likeness (QED) is 0.925. The first-order valence-corrected chi connectivity index (χ1v) is 7.63. The van der Waals surface area contributed by atoms with Crippen molar-refractivity contribution in [2.45, 2.75) is 24.8 Å². The van der Waals surface area contributed by atoms with Crippen molar-refractivity contribution in [1.82, 2.24) is 9.55 Å². The molecule has 2 aromatic rings. The summed E-state index contributed by atoms with van der Waals surface area (Å²) in [5.41, 5.74) is 1.53. The van der Waals surface area contributed by atoms with Crippen LogP contribution in [0.3, 0.4) is 0 Å². The van der Waals surface area contributed by atoms with Crippen molar-refractivity contribution in [2.75, 3.05) is 0 Å². The summed E-state index contributed by atoms with van der Waals surface area (Å²) < 4.78 is 25.1. The van der Waals surface area contributed by atoms with Crippen molar-refractivity contribution in [1.29, 1.82) is 0 Å². The molecule has 1 aromatic heterocycles. The lowest BCUT2D eigenvalue weighted by atomic mass is 10.2. The van der Waals surface area contributed by atoms with Gasteiger partial charge in [0.05, 0.1) is 5.69 Å². The highest BCUT2D eigenvalue weighted by atomic mass is 32.2. The summed E-state index contributed by atoms with van der Waals surface area (Å²) >= 11 is 0. The molecule has 102 valence electrons. The Kier molecular flexibility index (Phi) is 3.73. The number of benzene rings is 1. The largest absolute Gasteiger partial charge is 0.330 e. The maximum absolute atomic E-state index is 11.6. The van der Waals surface area contributed by atoms with Crippen molar-refractivity contribution >= 4 is 10.0 Å². The fourth-order valence-corrected chi connectivity index (χ4v) is 2.87. The van der Waals surface area contributed by atoms with Crippen molar-refractivity contribution in [3.63, 3.8) is 0 Å². The number of sulfonamides is 1. The first-order chi connectivity index (χ1) is 8.95. The van der Waals surface area contributed by atoms with E-state index in [4.69, 9.17) is 5.14 Å². The van der Waals surface area contributed by atoms with E-state index in [1.54, 1.807) is 4.57 Å². The van der Waals surface area contributed by atoms with E-state index < -0.39 is 10.0 Å². The molecule has 1 aromatic carbocycles. The minimum Gasteiger partial charge on any atom is -0.330 e. The van der Waals surface area contributed by atoms with Gasteiger partial charge in [-0.3, -0.25) is 0 Å². The van der Waals surface area contributed by atoms with E-state index in [1.165, 1.54) is 0 Å². The highest BCUT2D eigenvalue weighted by Crippen LogP contribution is 2.24. The van der Waals surface area contributed by atoms with E-state index >= 15 is 0 Å². The average molecular weight is 279 g/mol. The summed E-state index contributed by atoms with van der Waals surface area (Å²) in [6, 6.07) is 9.47. The number of aromatic nitrogens is 2. The molecular formula is C13H17N3O2S. The third-order valence-electron chi connectivity index (χ3n) is 2.97. The van der Waals surface area contributed by atoms with Crippen LogP contribution < -0.4 is 5.14 Å². The smallest absolute Gasteiger partial charge is 0.257 e. The van der Waals surface area contributed by atoms with Crippen molar-refractivity contribution < 1.29 is 8.42 Å². The Labute approximate surface area is 113 Å². The predicted octanol–water partition coefficient (Wildman–Crippen LogP) is 1.69. The predicted molar refractivity (Wildman–Crippen MR) is 74.0 cm³/mol. The topological polar surface area (TPSA) is 78.0 Å². The Morgan fingerprint density at radius 1 is 1.26 bits per heavy atom. The Hall–Kier alpha value is -1.66. The number of rotatable bonds is 4. The third kappa shape index (κ3) is 2.69. The molecule has 2 rings (SSSR count). The zero-order valence-electron chi connectivity index (χ0n) is 11.0. The average Bonchev–Trinajstić information content (AvgIpc) is 2.69. The van der Waals surface area contributed by atoms with Crippen LogP contribution in [0.25, 0.3) is 11.4 Å². The Morgan fingerprint density at radius 2 is 1.89 bits per heavy atom. The summed E-state index contributed by atoms with van der Waals surface area (Å²) in [5, 5.41) is 5.23. The summed E-state index contributed by atoms with van der Waals surface area (Å²) in [6.45, 7) is 1.99. The number of imidazole rings is 1. The first-order valence-electron chi connectivity index (χ1n) is 6.09. The molecule has 0 saturated heterocycles. The molecule has 6 heteroatoms. The second kappa shape index (κ2) is 5.14. The zero-order chi connectivity index (χ0) is 14.0. The van der Waals surface area contributed by atoms with E-state index in [0.29, 0.717) is 17.9 Å². The number of primary sulfonamides is 1. The zero-order valence-corrected chi connectivity index (χ0v) is 11.8. The van der Waals surface area contributed by atoms with Gasteiger partial charge in [-0.25, -0.2) is 18.5 Å². The van der Waals surface area contributed by atoms with E-state index in [-0.39, 0.29) is 5.03 Å². The van der Waals surface area contributed by atoms with Gasteiger partial charge in [-0.1, -0.05) is 43.7 Å². The van der Waals surface area contributed by atoms with Gasteiger partial charge >= 0.3 is 0 Å². The van der Waals surface area contributed by atoms with Crippen LogP contribution >= 0.6 is 0 Å². The summed E-state index contributed by atoms with van der Waals surface area (Å²) in [5.74, 6) is 0.619. The lowest BCUT2D eigenvalue weighted by molar-refractivity contribution is 0.592. The Balaban J connectivity index is 2.66. The fourth-order valence-electron chi connectivity index (χ4n) is 2.09. The standard InChI is InChI=1S/C13H17N3O2S/c1-3-7-11-13(19(14,17)18)15-12(16(11)2)10-8-5-4-6-9-10/h4-6,8-9H,3,7H2,1-2H3,(H2,14,17,18). The first kappa shape index (κ1) is 13.8. The molecule has 1 heterocycles. The van der Waals surface area contributed by atoms with Crippen LogP contribution in [0, 0.1) is 0 Å². The molecule has 19 heavy (non-hydrogen) atoms. The molecule has 0 saturated carbocycles.